The van der Waals surface area contributed by atoms with Gasteiger partial charge in [-0.15, -0.1) is 11.3 Å². The molecule has 0 saturated carbocycles. The highest BCUT2D eigenvalue weighted by atomic mass is 32.1. The lowest BCUT2D eigenvalue weighted by atomic mass is 9.69. The van der Waals surface area contributed by atoms with Gasteiger partial charge in [0, 0.05) is 10.4 Å². The van der Waals surface area contributed by atoms with Crippen LogP contribution < -0.4 is 10.6 Å². The predicted molar refractivity (Wildman–Crippen MR) is 139 cm³/mol. The van der Waals surface area contributed by atoms with Gasteiger partial charge < -0.3 is 10.6 Å². The Bertz CT molecular complexity index is 1350. The molecule has 33 heavy (non-hydrogen) atoms. The smallest absolute Gasteiger partial charge is 0.256 e. The second-order valence-corrected chi connectivity index (χ2v) is 11.4. The summed E-state index contributed by atoms with van der Waals surface area (Å²) in [5, 5.41) is 12.9. The molecule has 0 unspecified atom stereocenters. The maximum atomic E-state index is 13.5. The second kappa shape index (κ2) is 7.59. The zero-order chi connectivity index (χ0) is 22.7. The number of nitrogens with one attached hydrogen (secondary N) is 2. The highest BCUT2D eigenvalue weighted by Gasteiger charge is 2.37. The third kappa shape index (κ3) is 3.26. The molecule has 2 aliphatic rings. The average Bonchev–Trinajstić information content (AvgIpc) is 3.20. The van der Waals surface area contributed by atoms with E-state index in [4.69, 9.17) is 0 Å². The van der Waals surface area contributed by atoms with Crippen LogP contribution in [0.3, 0.4) is 0 Å². The van der Waals surface area contributed by atoms with Crippen LogP contribution in [0, 0.1) is 11.3 Å². The van der Waals surface area contributed by atoms with Crippen LogP contribution in [0.15, 0.2) is 54.6 Å². The summed E-state index contributed by atoms with van der Waals surface area (Å²) in [7, 11) is 0. The molecule has 2 N–H and O–H groups in total. The Kier molecular flexibility index (Phi) is 4.77. The normalized spacial score (nSPS) is 20.3. The monoisotopic (exact) mass is 454 g/mol. The molecule has 168 valence electrons. The lowest BCUT2D eigenvalue weighted by Gasteiger charge is -2.36. The summed E-state index contributed by atoms with van der Waals surface area (Å²) < 4.78 is 0. The van der Waals surface area contributed by atoms with Crippen molar-refractivity contribution in [2.24, 2.45) is 11.3 Å². The molecule has 1 aliphatic heterocycles. The van der Waals surface area contributed by atoms with Crippen molar-refractivity contribution in [1.82, 2.24) is 5.32 Å². The summed E-state index contributed by atoms with van der Waals surface area (Å²) >= 11 is 1.81. The van der Waals surface area contributed by atoms with Gasteiger partial charge in [-0.2, -0.15) is 0 Å². The van der Waals surface area contributed by atoms with E-state index >= 15 is 0 Å². The van der Waals surface area contributed by atoms with Gasteiger partial charge in [0.05, 0.1) is 5.56 Å². The van der Waals surface area contributed by atoms with Crippen LogP contribution in [-0.4, -0.2) is 5.91 Å². The molecule has 3 nitrogen and oxygen atoms in total. The summed E-state index contributed by atoms with van der Waals surface area (Å²) in [5.74, 6) is 0.743. The van der Waals surface area contributed by atoms with Gasteiger partial charge in [0.1, 0.15) is 11.2 Å². The number of carbonyl (C=O) groups is 1. The number of hydrogen-bond acceptors (Lipinski definition) is 3. The minimum absolute atomic E-state index is 0.0662. The summed E-state index contributed by atoms with van der Waals surface area (Å²) in [6, 6.07) is 19.2. The second-order valence-electron chi connectivity index (χ2n) is 10.3. The third-order valence-electron chi connectivity index (χ3n) is 8.16. The molecule has 1 aliphatic carbocycles. The van der Waals surface area contributed by atoms with Crippen LogP contribution in [0.25, 0.3) is 21.5 Å². The van der Waals surface area contributed by atoms with E-state index in [-0.39, 0.29) is 12.1 Å². The molecule has 0 saturated heterocycles. The molecular formula is C29H30N2OS. The Balaban J connectivity index is 1.44. The minimum atomic E-state index is -0.246. The Hall–Kier alpha value is -2.85. The van der Waals surface area contributed by atoms with Gasteiger partial charge in [0.2, 0.25) is 0 Å². The summed E-state index contributed by atoms with van der Waals surface area (Å²) in [6.45, 7) is 7.08. The molecule has 0 spiro atoms. The van der Waals surface area contributed by atoms with Gasteiger partial charge in [0.15, 0.2) is 0 Å². The number of hydrogen-bond donors (Lipinski definition) is 2. The SMILES string of the molecule is CCC(C)(C)[C@H]1CCc2c(sc3c2C(=O)N[C@H](c2c4ccccc4cc4ccccc24)N3)C1. The fourth-order valence-electron chi connectivity index (χ4n) is 5.76. The minimum Gasteiger partial charge on any atom is -0.353 e. The number of benzene rings is 3. The zero-order valence-corrected chi connectivity index (χ0v) is 20.3. The van der Waals surface area contributed by atoms with E-state index in [1.165, 1.54) is 44.8 Å². The van der Waals surface area contributed by atoms with Crippen LogP contribution in [0.4, 0.5) is 5.00 Å². The van der Waals surface area contributed by atoms with Gasteiger partial charge in [0.25, 0.3) is 5.91 Å². The molecule has 2 heterocycles. The van der Waals surface area contributed by atoms with Crippen LogP contribution in [0.1, 0.15) is 66.1 Å². The number of carbonyl (C=O) groups excluding carboxylic acids is 1. The van der Waals surface area contributed by atoms with Crippen molar-refractivity contribution in [1.29, 1.82) is 0 Å². The Morgan fingerprint density at radius 2 is 1.67 bits per heavy atom. The number of thiophene rings is 1. The molecule has 4 aromatic rings. The van der Waals surface area contributed by atoms with Crippen molar-refractivity contribution in [3.05, 3.63) is 76.2 Å². The van der Waals surface area contributed by atoms with E-state index in [1.54, 1.807) is 0 Å². The molecule has 0 radical (unpaired) electrons. The van der Waals surface area contributed by atoms with E-state index in [1.807, 2.05) is 11.3 Å². The molecule has 0 fully saturated rings. The van der Waals surface area contributed by atoms with E-state index < -0.39 is 0 Å². The van der Waals surface area contributed by atoms with Crippen LogP contribution in [-0.2, 0) is 12.8 Å². The Labute approximate surface area is 199 Å². The molecule has 1 aromatic heterocycles. The lowest BCUT2D eigenvalue weighted by Crippen LogP contribution is -2.38. The van der Waals surface area contributed by atoms with Crippen LogP contribution in [0.2, 0.25) is 0 Å². The fraction of sp³-hybridized carbons (Fsp3) is 0.345. The van der Waals surface area contributed by atoms with Gasteiger partial charge in [-0.1, -0.05) is 75.7 Å². The molecule has 1 amide bonds. The van der Waals surface area contributed by atoms with Crippen LogP contribution in [0.5, 0.6) is 0 Å². The van der Waals surface area contributed by atoms with E-state index in [0.717, 1.165) is 29.0 Å². The van der Waals surface area contributed by atoms with Crippen molar-refractivity contribution in [2.45, 2.75) is 52.6 Å². The fourth-order valence-corrected chi connectivity index (χ4v) is 7.11. The first-order valence-electron chi connectivity index (χ1n) is 12.1. The van der Waals surface area contributed by atoms with Crippen molar-refractivity contribution in [2.75, 3.05) is 5.32 Å². The van der Waals surface area contributed by atoms with Crippen molar-refractivity contribution < 1.29 is 4.79 Å². The van der Waals surface area contributed by atoms with Gasteiger partial charge >= 0.3 is 0 Å². The molecule has 2 atom stereocenters. The van der Waals surface area contributed by atoms with E-state index in [0.29, 0.717) is 11.3 Å². The topological polar surface area (TPSA) is 41.1 Å². The van der Waals surface area contributed by atoms with Crippen molar-refractivity contribution >= 4 is 43.8 Å². The number of amides is 1. The number of anilines is 1. The Morgan fingerprint density at radius 1 is 1.00 bits per heavy atom. The third-order valence-corrected chi connectivity index (χ3v) is 9.35. The van der Waals surface area contributed by atoms with Gasteiger partial charge in [-0.3, -0.25) is 4.79 Å². The summed E-state index contributed by atoms with van der Waals surface area (Å²) in [5.41, 5.74) is 3.66. The molecule has 3 aromatic carbocycles. The zero-order valence-electron chi connectivity index (χ0n) is 19.5. The lowest BCUT2D eigenvalue weighted by molar-refractivity contribution is 0.0935. The van der Waals surface area contributed by atoms with E-state index in [9.17, 15) is 4.79 Å². The standard InChI is InChI=1S/C29H30N2OS/c1-4-29(2,3)19-13-14-22-23(16-19)33-28-25(22)27(32)30-26(31-28)24-20-11-7-5-9-17(20)15-18-10-6-8-12-21(18)24/h5-12,15,19,26,31H,4,13-14,16H2,1-3H3,(H,30,32)/t19-,26-/m0/s1. The van der Waals surface area contributed by atoms with E-state index in [2.05, 4.69) is 86.0 Å². The largest absolute Gasteiger partial charge is 0.353 e. The average molecular weight is 455 g/mol. The molecule has 4 heteroatoms. The maximum Gasteiger partial charge on any atom is 0.256 e. The first-order valence-corrected chi connectivity index (χ1v) is 12.9. The van der Waals surface area contributed by atoms with Crippen molar-refractivity contribution in [3.8, 4) is 0 Å². The highest BCUT2D eigenvalue weighted by Crippen LogP contribution is 2.47. The van der Waals surface area contributed by atoms with Crippen molar-refractivity contribution in [3.63, 3.8) is 0 Å². The highest BCUT2D eigenvalue weighted by molar-refractivity contribution is 7.16. The van der Waals surface area contributed by atoms with Gasteiger partial charge in [-0.25, -0.2) is 0 Å². The molecule has 6 rings (SSSR count). The Morgan fingerprint density at radius 3 is 2.33 bits per heavy atom. The van der Waals surface area contributed by atoms with Crippen LogP contribution >= 0.6 is 11.3 Å². The number of fused-ring (bicyclic) bond motifs is 5. The molecular weight excluding hydrogens is 424 g/mol. The molecule has 0 bridgehead atoms. The quantitative estimate of drug-likeness (QED) is 0.316. The summed E-state index contributed by atoms with van der Waals surface area (Å²) in [4.78, 5) is 14.9. The summed E-state index contributed by atoms with van der Waals surface area (Å²) in [6.07, 6.45) is 4.20. The predicted octanol–water partition coefficient (Wildman–Crippen LogP) is 7.45. The maximum absolute atomic E-state index is 13.5. The number of rotatable bonds is 3. The van der Waals surface area contributed by atoms with Gasteiger partial charge in [-0.05, 0) is 63.8 Å². The first-order chi connectivity index (χ1) is 16.0. The first kappa shape index (κ1) is 20.7.